The summed E-state index contributed by atoms with van der Waals surface area (Å²) in [5, 5.41) is 11.1. The maximum atomic E-state index is 12.5. The van der Waals surface area contributed by atoms with Crippen LogP contribution >= 0.6 is 23.7 Å². The fourth-order valence-electron chi connectivity index (χ4n) is 3.04. The van der Waals surface area contributed by atoms with Crippen molar-refractivity contribution < 1.29 is 9.59 Å². The average Bonchev–Trinajstić information content (AvgIpc) is 3.18. The number of carbonyl (C=O) groups excluding carboxylic acids is 2. The van der Waals surface area contributed by atoms with Gasteiger partial charge >= 0.3 is 0 Å². The molecule has 1 aromatic heterocycles. The van der Waals surface area contributed by atoms with Crippen LogP contribution in [0, 0.1) is 5.92 Å². The highest BCUT2D eigenvalue weighted by molar-refractivity contribution is 7.12. The Bertz CT molecular complexity index is 715. The van der Waals surface area contributed by atoms with Gasteiger partial charge in [0.05, 0.1) is 16.1 Å². The van der Waals surface area contributed by atoms with Gasteiger partial charge in [0.25, 0.3) is 11.8 Å². The number of thiophene rings is 1. The number of para-hydroxylation sites is 1. The predicted molar refractivity (Wildman–Crippen MR) is 109 cm³/mol. The summed E-state index contributed by atoms with van der Waals surface area (Å²) in [5.41, 5.74) is 1.03. The van der Waals surface area contributed by atoms with Crippen LogP contribution < -0.4 is 16.0 Å². The van der Waals surface area contributed by atoms with Crippen molar-refractivity contribution >= 4 is 41.2 Å². The normalized spacial score (nSPS) is 16.4. The molecular weight excluding hydrogens is 370 g/mol. The summed E-state index contributed by atoms with van der Waals surface area (Å²) in [6, 6.07) is 10.7. The number of rotatable bonds is 6. The fraction of sp³-hybridized carbons (Fsp3) is 0.368. The van der Waals surface area contributed by atoms with Crippen molar-refractivity contribution in [3.05, 3.63) is 52.2 Å². The van der Waals surface area contributed by atoms with Crippen LogP contribution in [-0.4, -0.2) is 31.4 Å². The van der Waals surface area contributed by atoms with Crippen molar-refractivity contribution in [3.8, 4) is 0 Å². The zero-order valence-corrected chi connectivity index (χ0v) is 16.1. The lowest BCUT2D eigenvalue weighted by Gasteiger charge is -2.22. The minimum absolute atomic E-state index is 0. The van der Waals surface area contributed by atoms with Crippen LogP contribution in [0.1, 0.15) is 39.3 Å². The highest BCUT2D eigenvalue weighted by atomic mass is 35.5. The lowest BCUT2D eigenvalue weighted by molar-refractivity contribution is 0.0951. The van der Waals surface area contributed by atoms with Crippen LogP contribution in [0.4, 0.5) is 5.69 Å². The number of hydrogen-bond acceptors (Lipinski definition) is 4. The average molecular weight is 394 g/mol. The number of amides is 2. The Morgan fingerprint density at radius 2 is 2.00 bits per heavy atom. The third kappa shape index (κ3) is 5.56. The van der Waals surface area contributed by atoms with E-state index in [1.807, 2.05) is 17.5 Å². The highest BCUT2D eigenvalue weighted by Crippen LogP contribution is 2.18. The molecule has 1 unspecified atom stereocenters. The smallest absolute Gasteiger partial charge is 0.265 e. The maximum absolute atomic E-state index is 12.5. The van der Waals surface area contributed by atoms with E-state index < -0.39 is 0 Å². The van der Waals surface area contributed by atoms with E-state index >= 15 is 0 Å². The number of benzene rings is 1. The van der Waals surface area contributed by atoms with Crippen molar-refractivity contribution in [2.24, 2.45) is 5.92 Å². The quantitative estimate of drug-likeness (QED) is 0.703. The minimum atomic E-state index is -0.191. The molecule has 1 aliphatic heterocycles. The van der Waals surface area contributed by atoms with Gasteiger partial charge in [0.15, 0.2) is 0 Å². The van der Waals surface area contributed by atoms with Crippen LogP contribution in [-0.2, 0) is 0 Å². The van der Waals surface area contributed by atoms with Crippen molar-refractivity contribution in [2.45, 2.75) is 19.3 Å². The standard InChI is InChI=1S/C19H23N3O2S.ClH/c23-18(21-11-9-14-5-3-10-20-13-14)15-6-1-2-7-16(15)22-19(24)17-8-4-12-25-17;/h1-2,4,6-8,12,14,20H,3,5,9-11,13H2,(H,21,23)(H,22,24);1H. The second-order valence-corrected chi connectivity index (χ2v) is 7.18. The number of nitrogens with one attached hydrogen (secondary N) is 3. The van der Waals surface area contributed by atoms with Crippen molar-refractivity contribution in [1.29, 1.82) is 0 Å². The number of carbonyl (C=O) groups is 2. The highest BCUT2D eigenvalue weighted by Gasteiger charge is 2.16. The Morgan fingerprint density at radius 3 is 2.73 bits per heavy atom. The second-order valence-electron chi connectivity index (χ2n) is 6.23. The van der Waals surface area contributed by atoms with Gasteiger partial charge < -0.3 is 16.0 Å². The number of halogens is 1. The van der Waals surface area contributed by atoms with Crippen molar-refractivity contribution in [1.82, 2.24) is 10.6 Å². The molecule has 1 fully saturated rings. The maximum Gasteiger partial charge on any atom is 0.265 e. The van der Waals surface area contributed by atoms with Gasteiger partial charge in [0.2, 0.25) is 0 Å². The fourth-order valence-corrected chi connectivity index (χ4v) is 3.66. The molecule has 140 valence electrons. The Morgan fingerprint density at radius 1 is 1.15 bits per heavy atom. The number of hydrogen-bond donors (Lipinski definition) is 3. The van der Waals surface area contributed by atoms with Crippen molar-refractivity contribution in [3.63, 3.8) is 0 Å². The van der Waals surface area contributed by atoms with E-state index in [0.717, 1.165) is 19.5 Å². The summed E-state index contributed by atoms with van der Waals surface area (Å²) in [6.07, 6.45) is 3.40. The van der Waals surface area contributed by atoms with E-state index in [9.17, 15) is 9.59 Å². The van der Waals surface area contributed by atoms with Crippen LogP contribution in [0.2, 0.25) is 0 Å². The van der Waals surface area contributed by atoms with Crippen LogP contribution in [0.15, 0.2) is 41.8 Å². The van der Waals surface area contributed by atoms with Crippen molar-refractivity contribution in [2.75, 3.05) is 25.0 Å². The molecule has 3 N–H and O–H groups in total. The molecule has 26 heavy (non-hydrogen) atoms. The Kier molecular flexibility index (Phi) is 8.09. The van der Waals surface area contributed by atoms with E-state index in [1.165, 1.54) is 24.2 Å². The molecule has 2 amide bonds. The zero-order valence-electron chi connectivity index (χ0n) is 14.5. The largest absolute Gasteiger partial charge is 0.352 e. The molecule has 2 heterocycles. The lowest BCUT2D eigenvalue weighted by Crippen LogP contribution is -2.33. The Hall–Kier alpha value is -1.89. The molecule has 0 radical (unpaired) electrons. The SMILES string of the molecule is Cl.O=C(Nc1ccccc1C(=O)NCCC1CCCNC1)c1cccs1. The predicted octanol–water partition coefficient (Wildman–Crippen LogP) is 3.54. The van der Waals surface area contributed by atoms with E-state index in [0.29, 0.717) is 28.6 Å². The van der Waals surface area contributed by atoms with Gasteiger partial charge in [-0.3, -0.25) is 9.59 Å². The van der Waals surface area contributed by atoms with Gasteiger partial charge in [-0.1, -0.05) is 18.2 Å². The molecule has 1 atom stereocenters. The minimum Gasteiger partial charge on any atom is -0.352 e. The molecule has 1 aromatic carbocycles. The van der Waals surface area contributed by atoms with Crippen LogP contribution in [0.25, 0.3) is 0 Å². The summed E-state index contributed by atoms with van der Waals surface area (Å²) in [4.78, 5) is 25.4. The lowest BCUT2D eigenvalue weighted by atomic mass is 9.96. The van der Waals surface area contributed by atoms with Gasteiger partial charge in [-0.05, 0) is 61.8 Å². The van der Waals surface area contributed by atoms with Gasteiger partial charge in [0.1, 0.15) is 0 Å². The first-order valence-corrected chi connectivity index (χ1v) is 9.55. The first-order chi connectivity index (χ1) is 12.2. The van der Waals surface area contributed by atoms with Gasteiger partial charge in [-0.25, -0.2) is 0 Å². The number of anilines is 1. The third-order valence-electron chi connectivity index (χ3n) is 4.40. The van der Waals surface area contributed by atoms with E-state index in [1.54, 1.807) is 24.3 Å². The molecule has 0 spiro atoms. The molecule has 2 aromatic rings. The Balaban J connectivity index is 0.00000243. The summed E-state index contributed by atoms with van der Waals surface area (Å²) >= 11 is 1.38. The third-order valence-corrected chi connectivity index (χ3v) is 5.27. The molecule has 0 bridgehead atoms. The summed E-state index contributed by atoms with van der Waals surface area (Å²) in [7, 11) is 0. The summed E-state index contributed by atoms with van der Waals surface area (Å²) in [5.74, 6) is 0.289. The van der Waals surface area contributed by atoms with E-state index in [2.05, 4.69) is 16.0 Å². The molecule has 0 saturated carbocycles. The van der Waals surface area contributed by atoms with Gasteiger partial charge in [-0.15, -0.1) is 23.7 Å². The molecule has 5 nitrogen and oxygen atoms in total. The topological polar surface area (TPSA) is 70.2 Å². The second kappa shape index (κ2) is 10.3. The summed E-state index contributed by atoms with van der Waals surface area (Å²) in [6.45, 7) is 2.78. The van der Waals surface area contributed by atoms with E-state index in [4.69, 9.17) is 0 Å². The monoisotopic (exact) mass is 393 g/mol. The molecule has 7 heteroatoms. The zero-order chi connectivity index (χ0) is 17.5. The first kappa shape index (κ1) is 20.4. The van der Waals surface area contributed by atoms with Crippen LogP contribution in [0.5, 0.6) is 0 Å². The molecule has 1 aliphatic rings. The molecule has 3 rings (SSSR count). The number of piperidine rings is 1. The van der Waals surface area contributed by atoms with Gasteiger partial charge in [-0.2, -0.15) is 0 Å². The van der Waals surface area contributed by atoms with Crippen LogP contribution in [0.3, 0.4) is 0 Å². The summed E-state index contributed by atoms with van der Waals surface area (Å²) < 4.78 is 0. The molecule has 1 saturated heterocycles. The molecule has 0 aliphatic carbocycles. The first-order valence-electron chi connectivity index (χ1n) is 8.67. The van der Waals surface area contributed by atoms with E-state index in [-0.39, 0.29) is 24.2 Å². The Labute approximate surface area is 164 Å². The van der Waals surface area contributed by atoms with Gasteiger partial charge in [0, 0.05) is 6.54 Å². The molecular formula is C19H24ClN3O2S.